The molecular formula is C15H19NO5. The van der Waals surface area contributed by atoms with Gasteiger partial charge >= 0.3 is 5.97 Å². The molecule has 1 heterocycles. The van der Waals surface area contributed by atoms with Crippen LogP contribution in [0, 0.1) is 11.8 Å². The number of aliphatic carboxylic acids is 1. The van der Waals surface area contributed by atoms with Crippen LogP contribution in [-0.2, 0) is 16.1 Å². The Morgan fingerprint density at radius 3 is 2.57 bits per heavy atom. The lowest BCUT2D eigenvalue weighted by molar-refractivity contribution is -0.148. The molecular weight excluding hydrogens is 274 g/mol. The molecule has 2 atom stereocenters. The van der Waals surface area contributed by atoms with E-state index in [2.05, 4.69) is 0 Å². The van der Waals surface area contributed by atoms with Crippen molar-refractivity contribution in [1.29, 1.82) is 0 Å². The Bertz CT molecular complexity index is 557. The van der Waals surface area contributed by atoms with Crippen LogP contribution in [0.1, 0.15) is 19.4 Å². The highest BCUT2D eigenvalue weighted by atomic mass is 16.7. The van der Waals surface area contributed by atoms with Crippen molar-refractivity contribution < 1.29 is 24.2 Å². The maximum absolute atomic E-state index is 12.2. The van der Waals surface area contributed by atoms with Crippen LogP contribution in [0.2, 0.25) is 0 Å². The van der Waals surface area contributed by atoms with E-state index in [1.807, 2.05) is 12.1 Å². The van der Waals surface area contributed by atoms with E-state index in [0.29, 0.717) is 18.0 Å². The van der Waals surface area contributed by atoms with Crippen molar-refractivity contribution in [3.8, 4) is 11.5 Å². The third kappa shape index (κ3) is 3.26. The molecule has 0 aromatic heterocycles. The first-order valence-electron chi connectivity index (χ1n) is 6.76. The minimum absolute atomic E-state index is 0.192. The van der Waals surface area contributed by atoms with E-state index in [-0.39, 0.29) is 12.7 Å². The van der Waals surface area contributed by atoms with Gasteiger partial charge in [-0.25, -0.2) is 0 Å². The van der Waals surface area contributed by atoms with Gasteiger partial charge in [0, 0.05) is 19.5 Å². The topological polar surface area (TPSA) is 76.1 Å². The van der Waals surface area contributed by atoms with Crippen LogP contribution in [0.15, 0.2) is 18.2 Å². The van der Waals surface area contributed by atoms with Crippen LogP contribution < -0.4 is 9.47 Å². The molecule has 0 saturated heterocycles. The molecule has 2 rings (SSSR count). The minimum Gasteiger partial charge on any atom is -0.481 e. The molecule has 6 heteroatoms. The number of benzene rings is 1. The molecule has 0 radical (unpaired) electrons. The Hall–Kier alpha value is -2.24. The summed E-state index contributed by atoms with van der Waals surface area (Å²) in [6.07, 6.45) is 0. The zero-order valence-electron chi connectivity index (χ0n) is 12.3. The molecule has 1 aliphatic rings. The van der Waals surface area contributed by atoms with Crippen LogP contribution in [0.3, 0.4) is 0 Å². The van der Waals surface area contributed by atoms with Gasteiger partial charge in [0.2, 0.25) is 12.7 Å². The number of carboxylic acid groups (broad SMARTS) is 1. The molecule has 1 N–H and O–H groups in total. The zero-order valence-corrected chi connectivity index (χ0v) is 12.3. The zero-order chi connectivity index (χ0) is 15.6. The molecule has 1 amide bonds. The number of ether oxygens (including phenoxy) is 2. The number of fused-ring (bicyclic) bond motifs is 1. The first-order valence-corrected chi connectivity index (χ1v) is 6.76. The van der Waals surface area contributed by atoms with Gasteiger partial charge in [0.15, 0.2) is 11.5 Å². The number of amides is 1. The van der Waals surface area contributed by atoms with E-state index in [9.17, 15) is 9.59 Å². The number of nitrogens with zero attached hydrogens (tertiary/aromatic N) is 1. The standard InChI is InChI=1S/C15H19NO5/c1-9(10(2)15(18)19)14(17)16(3)7-11-4-5-12-13(6-11)21-8-20-12/h4-6,9-10H,7-8H2,1-3H3,(H,18,19). The number of hydrogen-bond acceptors (Lipinski definition) is 4. The summed E-state index contributed by atoms with van der Waals surface area (Å²) >= 11 is 0. The average Bonchev–Trinajstić information content (AvgIpc) is 2.92. The lowest BCUT2D eigenvalue weighted by Gasteiger charge is -2.23. The molecule has 0 aliphatic carbocycles. The van der Waals surface area contributed by atoms with Gasteiger partial charge in [-0.3, -0.25) is 9.59 Å². The van der Waals surface area contributed by atoms with Crippen LogP contribution in [0.25, 0.3) is 0 Å². The fourth-order valence-electron chi connectivity index (χ4n) is 2.17. The summed E-state index contributed by atoms with van der Waals surface area (Å²) in [5.41, 5.74) is 0.908. The number of carbonyl (C=O) groups excluding carboxylic acids is 1. The summed E-state index contributed by atoms with van der Waals surface area (Å²) in [5, 5.41) is 8.98. The SMILES string of the molecule is CC(C(=O)O)C(C)C(=O)N(C)Cc1ccc2c(c1)OCO2. The third-order valence-electron chi connectivity index (χ3n) is 3.76. The van der Waals surface area contributed by atoms with Crippen molar-refractivity contribution in [3.05, 3.63) is 23.8 Å². The number of carboxylic acids is 1. The summed E-state index contributed by atoms with van der Waals surface area (Å²) < 4.78 is 10.5. The Balaban J connectivity index is 2.02. The summed E-state index contributed by atoms with van der Waals surface area (Å²) in [6.45, 7) is 3.78. The van der Waals surface area contributed by atoms with Crippen LogP contribution in [0.4, 0.5) is 0 Å². The van der Waals surface area contributed by atoms with Gasteiger partial charge in [-0.05, 0) is 17.7 Å². The normalized spacial score (nSPS) is 15.4. The van der Waals surface area contributed by atoms with Gasteiger partial charge in [0.25, 0.3) is 0 Å². The van der Waals surface area contributed by atoms with Crippen LogP contribution in [-0.4, -0.2) is 35.7 Å². The van der Waals surface area contributed by atoms with E-state index in [4.69, 9.17) is 14.6 Å². The van der Waals surface area contributed by atoms with Gasteiger partial charge < -0.3 is 19.5 Å². The summed E-state index contributed by atoms with van der Waals surface area (Å²) in [4.78, 5) is 24.7. The first-order chi connectivity index (χ1) is 9.90. The van der Waals surface area contributed by atoms with E-state index < -0.39 is 17.8 Å². The second kappa shape index (κ2) is 6.03. The molecule has 0 fully saturated rings. The fraction of sp³-hybridized carbons (Fsp3) is 0.467. The lowest BCUT2D eigenvalue weighted by Crippen LogP contribution is -2.36. The highest BCUT2D eigenvalue weighted by molar-refractivity contribution is 5.84. The molecule has 114 valence electrons. The molecule has 2 unspecified atom stereocenters. The lowest BCUT2D eigenvalue weighted by atomic mass is 9.95. The summed E-state index contributed by atoms with van der Waals surface area (Å²) in [5.74, 6) is -1.07. The van der Waals surface area contributed by atoms with Gasteiger partial charge in [-0.15, -0.1) is 0 Å². The number of hydrogen-bond donors (Lipinski definition) is 1. The van der Waals surface area contributed by atoms with E-state index in [1.165, 1.54) is 4.90 Å². The molecule has 1 aromatic rings. The molecule has 21 heavy (non-hydrogen) atoms. The van der Waals surface area contributed by atoms with Gasteiger partial charge in [-0.1, -0.05) is 19.9 Å². The highest BCUT2D eigenvalue weighted by Crippen LogP contribution is 2.32. The van der Waals surface area contributed by atoms with Crippen molar-refractivity contribution in [2.45, 2.75) is 20.4 Å². The van der Waals surface area contributed by atoms with Crippen molar-refractivity contribution >= 4 is 11.9 Å². The molecule has 0 spiro atoms. The predicted molar refractivity (Wildman–Crippen MR) is 75.0 cm³/mol. The largest absolute Gasteiger partial charge is 0.481 e. The van der Waals surface area contributed by atoms with E-state index in [1.54, 1.807) is 27.0 Å². The first kappa shape index (κ1) is 15.2. The summed E-state index contributed by atoms with van der Waals surface area (Å²) in [7, 11) is 1.66. The average molecular weight is 293 g/mol. The Labute approximate surface area is 123 Å². The highest BCUT2D eigenvalue weighted by Gasteiger charge is 2.28. The maximum Gasteiger partial charge on any atom is 0.307 e. The molecule has 1 aliphatic heterocycles. The summed E-state index contributed by atoms with van der Waals surface area (Å²) in [6, 6.07) is 5.50. The van der Waals surface area contributed by atoms with E-state index in [0.717, 1.165) is 5.56 Å². The molecule has 0 bridgehead atoms. The maximum atomic E-state index is 12.2. The van der Waals surface area contributed by atoms with Gasteiger partial charge in [-0.2, -0.15) is 0 Å². The fourth-order valence-corrected chi connectivity index (χ4v) is 2.17. The second-order valence-electron chi connectivity index (χ2n) is 5.30. The van der Waals surface area contributed by atoms with Crippen molar-refractivity contribution in [2.75, 3.05) is 13.8 Å². The molecule has 6 nitrogen and oxygen atoms in total. The third-order valence-corrected chi connectivity index (χ3v) is 3.76. The van der Waals surface area contributed by atoms with Crippen molar-refractivity contribution in [2.24, 2.45) is 11.8 Å². The Morgan fingerprint density at radius 2 is 1.90 bits per heavy atom. The Morgan fingerprint density at radius 1 is 1.24 bits per heavy atom. The Kier molecular flexibility index (Phi) is 4.35. The second-order valence-corrected chi connectivity index (χ2v) is 5.30. The van der Waals surface area contributed by atoms with Gasteiger partial charge in [0.1, 0.15) is 0 Å². The van der Waals surface area contributed by atoms with Crippen molar-refractivity contribution in [1.82, 2.24) is 4.90 Å². The van der Waals surface area contributed by atoms with Gasteiger partial charge in [0.05, 0.1) is 5.92 Å². The van der Waals surface area contributed by atoms with Crippen LogP contribution in [0.5, 0.6) is 11.5 Å². The smallest absolute Gasteiger partial charge is 0.307 e. The molecule has 0 saturated carbocycles. The number of rotatable bonds is 5. The monoisotopic (exact) mass is 293 g/mol. The van der Waals surface area contributed by atoms with Crippen LogP contribution >= 0.6 is 0 Å². The van der Waals surface area contributed by atoms with E-state index >= 15 is 0 Å². The predicted octanol–water partition coefficient (Wildman–Crippen LogP) is 1.73. The minimum atomic E-state index is -0.965. The molecule has 1 aromatic carbocycles. The quantitative estimate of drug-likeness (QED) is 0.894. The number of carbonyl (C=O) groups is 2. The van der Waals surface area contributed by atoms with Crippen molar-refractivity contribution in [3.63, 3.8) is 0 Å².